The lowest BCUT2D eigenvalue weighted by molar-refractivity contribution is -0.0886. The fraction of sp³-hybridized carbons (Fsp3) is 0.692. The van der Waals surface area contributed by atoms with E-state index in [1.807, 2.05) is 4.90 Å². The molecule has 2 unspecified atom stereocenters. The Morgan fingerprint density at radius 2 is 2.39 bits per heavy atom. The smallest absolute Gasteiger partial charge is 0.271 e. The molecule has 1 saturated carbocycles. The van der Waals surface area contributed by atoms with Gasteiger partial charge in [0.15, 0.2) is 0 Å². The Bertz CT molecular complexity index is 431. The van der Waals surface area contributed by atoms with E-state index in [1.165, 1.54) is 12.7 Å². The molecule has 98 valence electrons. The summed E-state index contributed by atoms with van der Waals surface area (Å²) in [6.07, 6.45) is 7.99. The van der Waals surface area contributed by atoms with Crippen LogP contribution in [0.5, 0.6) is 0 Å². The van der Waals surface area contributed by atoms with Crippen LogP contribution in [0.15, 0.2) is 12.5 Å². The van der Waals surface area contributed by atoms with E-state index in [9.17, 15) is 9.90 Å². The molecule has 0 radical (unpaired) electrons. The summed E-state index contributed by atoms with van der Waals surface area (Å²) >= 11 is 0. The number of hydrogen-bond donors (Lipinski definition) is 2. The van der Waals surface area contributed by atoms with Crippen molar-refractivity contribution in [1.82, 2.24) is 14.9 Å². The largest absolute Gasteiger partial charge is 0.389 e. The Morgan fingerprint density at radius 1 is 1.50 bits per heavy atom. The summed E-state index contributed by atoms with van der Waals surface area (Å²) in [5.74, 6) is 0.243. The standard InChI is InChI=1S/C13H19N3O2/c17-12(11-7-14-9-15-11)16-6-5-13(18)4-2-1-3-10(13)8-16/h7,9-10,18H,1-6,8H2,(H,14,15). The maximum absolute atomic E-state index is 12.2. The third-order valence-electron chi connectivity index (χ3n) is 4.44. The van der Waals surface area contributed by atoms with Crippen LogP contribution in [0.1, 0.15) is 42.6 Å². The summed E-state index contributed by atoms with van der Waals surface area (Å²) in [5, 5.41) is 10.6. The SMILES string of the molecule is O=C(c1cnc[nH]1)N1CCC2(O)CCCCC2C1. The van der Waals surface area contributed by atoms with Gasteiger partial charge in [0.25, 0.3) is 5.91 Å². The number of nitrogens with zero attached hydrogens (tertiary/aromatic N) is 2. The molecule has 2 heterocycles. The van der Waals surface area contributed by atoms with Gasteiger partial charge in [-0.15, -0.1) is 0 Å². The van der Waals surface area contributed by atoms with Crippen LogP contribution in [0.2, 0.25) is 0 Å². The molecular formula is C13H19N3O2. The highest BCUT2D eigenvalue weighted by Crippen LogP contribution is 2.39. The molecule has 3 rings (SSSR count). The van der Waals surface area contributed by atoms with Gasteiger partial charge < -0.3 is 15.0 Å². The quantitative estimate of drug-likeness (QED) is 0.785. The molecule has 0 aromatic carbocycles. The monoisotopic (exact) mass is 249 g/mol. The molecule has 1 aliphatic heterocycles. The lowest BCUT2D eigenvalue weighted by Gasteiger charge is -2.47. The molecule has 2 N–H and O–H groups in total. The van der Waals surface area contributed by atoms with E-state index < -0.39 is 5.60 Å². The minimum Gasteiger partial charge on any atom is -0.389 e. The van der Waals surface area contributed by atoms with Crippen molar-refractivity contribution in [3.63, 3.8) is 0 Å². The van der Waals surface area contributed by atoms with Crippen LogP contribution in [0.4, 0.5) is 0 Å². The number of rotatable bonds is 1. The van der Waals surface area contributed by atoms with Crippen molar-refractivity contribution in [2.75, 3.05) is 13.1 Å². The maximum atomic E-state index is 12.2. The van der Waals surface area contributed by atoms with Gasteiger partial charge in [0.2, 0.25) is 0 Å². The molecule has 0 bridgehead atoms. The fourth-order valence-electron chi connectivity index (χ4n) is 3.30. The van der Waals surface area contributed by atoms with Crippen molar-refractivity contribution >= 4 is 5.91 Å². The second-order valence-corrected chi connectivity index (χ2v) is 5.51. The first-order valence-corrected chi connectivity index (χ1v) is 6.69. The number of aromatic nitrogens is 2. The van der Waals surface area contributed by atoms with Gasteiger partial charge in [-0.05, 0) is 19.3 Å². The first-order valence-electron chi connectivity index (χ1n) is 6.69. The number of piperidine rings is 1. The van der Waals surface area contributed by atoms with Gasteiger partial charge in [-0.2, -0.15) is 0 Å². The van der Waals surface area contributed by atoms with Crippen LogP contribution in [0, 0.1) is 5.92 Å². The molecule has 5 heteroatoms. The van der Waals surface area contributed by atoms with Crippen LogP contribution in [0.3, 0.4) is 0 Å². The van der Waals surface area contributed by atoms with E-state index in [0.29, 0.717) is 25.2 Å². The average Bonchev–Trinajstić information content (AvgIpc) is 2.90. The van der Waals surface area contributed by atoms with E-state index >= 15 is 0 Å². The number of aromatic amines is 1. The number of nitrogens with one attached hydrogen (secondary N) is 1. The average molecular weight is 249 g/mol. The van der Waals surface area contributed by atoms with Crippen LogP contribution < -0.4 is 0 Å². The minimum atomic E-state index is -0.525. The third-order valence-corrected chi connectivity index (χ3v) is 4.44. The van der Waals surface area contributed by atoms with Crippen molar-refractivity contribution in [3.05, 3.63) is 18.2 Å². The zero-order valence-electron chi connectivity index (χ0n) is 10.4. The maximum Gasteiger partial charge on any atom is 0.271 e. The predicted octanol–water partition coefficient (Wildman–Crippen LogP) is 1.18. The topological polar surface area (TPSA) is 69.2 Å². The summed E-state index contributed by atoms with van der Waals surface area (Å²) in [5.41, 5.74) is 0.0134. The molecule has 1 aromatic heterocycles. The molecule has 2 fully saturated rings. The molecule has 1 amide bonds. The van der Waals surface area contributed by atoms with Crippen LogP contribution in [-0.4, -0.2) is 44.6 Å². The zero-order chi connectivity index (χ0) is 12.6. The van der Waals surface area contributed by atoms with Crippen molar-refractivity contribution in [2.24, 2.45) is 5.92 Å². The normalized spacial score (nSPS) is 32.1. The second-order valence-electron chi connectivity index (χ2n) is 5.51. The highest BCUT2D eigenvalue weighted by atomic mass is 16.3. The van der Waals surface area contributed by atoms with E-state index in [4.69, 9.17) is 0 Å². The number of H-pyrrole nitrogens is 1. The molecular weight excluding hydrogens is 230 g/mol. The van der Waals surface area contributed by atoms with E-state index in [1.54, 1.807) is 6.20 Å². The Labute approximate surface area is 106 Å². The number of aliphatic hydroxyl groups is 1. The van der Waals surface area contributed by atoms with E-state index in [0.717, 1.165) is 19.3 Å². The molecule has 5 nitrogen and oxygen atoms in total. The van der Waals surface area contributed by atoms with Crippen LogP contribution in [-0.2, 0) is 0 Å². The van der Waals surface area contributed by atoms with Gasteiger partial charge in [-0.1, -0.05) is 12.8 Å². The summed E-state index contributed by atoms with van der Waals surface area (Å²) in [4.78, 5) is 20.8. The lowest BCUT2D eigenvalue weighted by atomic mass is 9.71. The number of carbonyl (C=O) groups is 1. The third kappa shape index (κ3) is 1.92. The molecule has 1 saturated heterocycles. The Balaban J connectivity index is 1.72. The molecule has 2 aliphatic rings. The lowest BCUT2D eigenvalue weighted by Crippen LogP contribution is -2.54. The number of carbonyl (C=O) groups excluding carboxylic acids is 1. The molecule has 2 atom stereocenters. The summed E-state index contributed by atoms with van der Waals surface area (Å²) in [6.45, 7) is 1.32. The fourth-order valence-corrected chi connectivity index (χ4v) is 3.30. The zero-order valence-corrected chi connectivity index (χ0v) is 10.4. The Hall–Kier alpha value is -1.36. The van der Waals surface area contributed by atoms with Crippen molar-refractivity contribution < 1.29 is 9.90 Å². The van der Waals surface area contributed by atoms with E-state index in [2.05, 4.69) is 9.97 Å². The first kappa shape index (κ1) is 11.7. The van der Waals surface area contributed by atoms with Gasteiger partial charge in [0.05, 0.1) is 18.1 Å². The second kappa shape index (κ2) is 4.39. The van der Waals surface area contributed by atoms with E-state index in [-0.39, 0.29) is 11.8 Å². The number of hydrogen-bond acceptors (Lipinski definition) is 3. The predicted molar refractivity (Wildman–Crippen MR) is 66.0 cm³/mol. The minimum absolute atomic E-state index is 0.000114. The summed E-state index contributed by atoms with van der Waals surface area (Å²) < 4.78 is 0. The van der Waals surface area contributed by atoms with Gasteiger partial charge in [-0.25, -0.2) is 4.98 Å². The van der Waals surface area contributed by atoms with Crippen LogP contribution in [0.25, 0.3) is 0 Å². The number of likely N-dealkylation sites (tertiary alicyclic amines) is 1. The van der Waals surface area contributed by atoms with Crippen molar-refractivity contribution in [3.8, 4) is 0 Å². The van der Waals surface area contributed by atoms with Gasteiger partial charge in [0.1, 0.15) is 5.69 Å². The first-order chi connectivity index (χ1) is 8.69. The number of amides is 1. The number of fused-ring (bicyclic) bond motifs is 1. The molecule has 1 aromatic rings. The van der Waals surface area contributed by atoms with Gasteiger partial charge in [-0.3, -0.25) is 4.79 Å². The highest BCUT2D eigenvalue weighted by molar-refractivity contribution is 5.92. The molecule has 1 aliphatic carbocycles. The van der Waals surface area contributed by atoms with Crippen molar-refractivity contribution in [2.45, 2.75) is 37.7 Å². The summed E-state index contributed by atoms with van der Waals surface area (Å²) in [6, 6.07) is 0. The molecule has 0 spiro atoms. The van der Waals surface area contributed by atoms with Gasteiger partial charge >= 0.3 is 0 Å². The number of imidazole rings is 1. The van der Waals surface area contributed by atoms with Crippen LogP contribution >= 0.6 is 0 Å². The Morgan fingerprint density at radius 3 is 3.17 bits per heavy atom. The molecule has 18 heavy (non-hydrogen) atoms. The van der Waals surface area contributed by atoms with Gasteiger partial charge in [0, 0.05) is 19.0 Å². The Kier molecular flexibility index (Phi) is 2.86. The highest BCUT2D eigenvalue weighted by Gasteiger charge is 2.43. The van der Waals surface area contributed by atoms with Crippen molar-refractivity contribution in [1.29, 1.82) is 0 Å². The summed E-state index contributed by atoms with van der Waals surface area (Å²) in [7, 11) is 0.